The molecule has 0 radical (unpaired) electrons. The lowest BCUT2D eigenvalue weighted by Gasteiger charge is -2.15. The molecule has 1 atom stereocenters. The summed E-state index contributed by atoms with van der Waals surface area (Å²) in [6, 6.07) is 12.8. The molecule has 0 heterocycles. The van der Waals surface area contributed by atoms with Gasteiger partial charge in [-0.25, -0.2) is 4.79 Å². The van der Waals surface area contributed by atoms with E-state index in [2.05, 4.69) is 14.8 Å². The molecular weight excluding hydrogens is 536 g/mol. The molecule has 228 valence electrons. The van der Waals surface area contributed by atoms with Gasteiger partial charge in [-0.3, -0.25) is 4.79 Å². The Morgan fingerprint density at radius 2 is 1.48 bits per heavy atom. The fourth-order valence-electron chi connectivity index (χ4n) is 3.54. The van der Waals surface area contributed by atoms with Crippen molar-refractivity contribution in [1.82, 2.24) is 10.2 Å². The van der Waals surface area contributed by atoms with Gasteiger partial charge in [0, 0.05) is 52.4 Å². The molecule has 0 saturated carbocycles. The Kier molecular flexibility index (Phi) is 16.5. The highest BCUT2D eigenvalue weighted by Crippen LogP contribution is 2.28. The molecule has 1 aliphatic carbocycles. The van der Waals surface area contributed by atoms with Crippen molar-refractivity contribution in [1.29, 1.82) is 0 Å². The molecule has 1 unspecified atom stereocenters. The van der Waals surface area contributed by atoms with E-state index in [0.717, 1.165) is 11.1 Å². The lowest BCUT2D eigenvalue weighted by atomic mass is 10.0. The second-order valence-electron chi connectivity index (χ2n) is 8.79. The molecule has 0 saturated heterocycles. The first kappa shape index (κ1) is 35.5. The maximum Gasteiger partial charge on any atom is 0.406 e. The van der Waals surface area contributed by atoms with Gasteiger partial charge in [-0.05, 0) is 53.6 Å². The molecule has 2 aromatic carbocycles. The van der Waals surface area contributed by atoms with Crippen LogP contribution in [0.5, 0.6) is 17.2 Å². The maximum absolute atomic E-state index is 13.0. The number of nitrogens with one attached hydrogen (secondary N) is 1. The summed E-state index contributed by atoms with van der Waals surface area (Å²) >= 11 is 0. The van der Waals surface area contributed by atoms with E-state index < -0.39 is 6.09 Å². The van der Waals surface area contributed by atoms with Crippen molar-refractivity contribution in [3.63, 3.8) is 0 Å². The number of carbonyl (C=O) groups is 2. The largest absolute Gasteiger partial charge is 0.497 e. The highest BCUT2D eigenvalue weighted by molar-refractivity contribution is 6.24. The second kappa shape index (κ2) is 19.6. The van der Waals surface area contributed by atoms with Crippen LogP contribution in [-0.4, -0.2) is 73.1 Å². The number of rotatable bonds is 9. The summed E-state index contributed by atoms with van der Waals surface area (Å²) in [5.74, 6) is 2.41. The van der Waals surface area contributed by atoms with E-state index in [0.29, 0.717) is 35.1 Å². The minimum Gasteiger partial charge on any atom is -0.497 e. The van der Waals surface area contributed by atoms with Gasteiger partial charge in [-0.2, -0.15) is 0 Å². The SMILES string of the molecule is CC.COC.COC(=O)NCC1C=CC=C(Oc2ccc(/C(=C\c3cc(OC)cc(OC)c3)C(=O)N(C)C)cc2)C=C1. The normalized spacial score (nSPS) is 13.6. The number of likely N-dealkylation sites (N-methyl/N-ethyl adjacent to an activating group) is 1. The van der Waals surface area contributed by atoms with E-state index in [1.807, 2.05) is 86.7 Å². The van der Waals surface area contributed by atoms with Crippen LogP contribution in [0.1, 0.15) is 25.0 Å². The van der Waals surface area contributed by atoms with Gasteiger partial charge in [0.2, 0.25) is 0 Å². The number of methoxy groups -OCH3 is 4. The van der Waals surface area contributed by atoms with E-state index in [4.69, 9.17) is 14.2 Å². The first-order valence-electron chi connectivity index (χ1n) is 13.5. The Bertz CT molecular complexity index is 1220. The summed E-state index contributed by atoms with van der Waals surface area (Å²) < 4.78 is 25.6. The zero-order valence-electron chi connectivity index (χ0n) is 26.1. The zero-order valence-corrected chi connectivity index (χ0v) is 26.1. The van der Waals surface area contributed by atoms with Crippen LogP contribution in [0.25, 0.3) is 11.6 Å². The Labute approximate surface area is 250 Å². The monoisotopic (exact) mass is 580 g/mol. The Hall–Kier alpha value is -4.50. The average Bonchev–Trinajstić information content (AvgIpc) is 3.24. The number of amides is 2. The van der Waals surface area contributed by atoms with Crippen LogP contribution in [0.3, 0.4) is 0 Å². The lowest BCUT2D eigenvalue weighted by molar-refractivity contribution is -0.122. The predicted octanol–water partition coefficient (Wildman–Crippen LogP) is 5.98. The quantitative estimate of drug-likeness (QED) is 0.288. The summed E-state index contributed by atoms with van der Waals surface area (Å²) in [7, 11) is 11.2. The fraction of sp³-hybridized carbons (Fsp3) is 0.333. The molecule has 0 bridgehead atoms. The van der Waals surface area contributed by atoms with Gasteiger partial charge < -0.3 is 33.9 Å². The average molecular weight is 581 g/mol. The molecule has 2 amide bonds. The van der Waals surface area contributed by atoms with Gasteiger partial charge >= 0.3 is 6.09 Å². The van der Waals surface area contributed by atoms with Crippen LogP contribution in [-0.2, 0) is 14.3 Å². The molecule has 3 rings (SSSR count). The minimum absolute atomic E-state index is 0.0128. The molecule has 2 aromatic rings. The number of nitrogens with zero attached hydrogens (tertiary/aromatic N) is 1. The summed E-state index contributed by atoms with van der Waals surface area (Å²) in [6.45, 7) is 4.42. The van der Waals surface area contributed by atoms with Crippen molar-refractivity contribution in [3.8, 4) is 17.2 Å². The van der Waals surface area contributed by atoms with Gasteiger partial charge in [-0.15, -0.1) is 0 Å². The third kappa shape index (κ3) is 11.9. The first-order chi connectivity index (χ1) is 20.2. The van der Waals surface area contributed by atoms with E-state index in [1.165, 1.54) is 12.0 Å². The van der Waals surface area contributed by atoms with Crippen molar-refractivity contribution in [2.75, 3.05) is 56.2 Å². The molecular formula is C33H44N2O7. The van der Waals surface area contributed by atoms with Crippen molar-refractivity contribution in [3.05, 3.63) is 89.7 Å². The number of alkyl carbamates (subject to hydrolysis) is 1. The maximum atomic E-state index is 13.0. The molecule has 9 nitrogen and oxygen atoms in total. The van der Waals surface area contributed by atoms with E-state index in [9.17, 15) is 9.59 Å². The smallest absolute Gasteiger partial charge is 0.406 e. The zero-order chi connectivity index (χ0) is 31.5. The van der Waals surface area contributed by atoms with Crippen LogP contribution >= 0.6 is 0 Å². The molecule has 0 spiro atoms. The molecule has 9 heteroatoms. The molecule has 1 aliphatic rings. The van der Waals surface area contributed by atoms with Crippen molar-refractivity contribution in [2.24, 2.45) is 5.92 Å². The predicted molar refractivity (Wildman–Crippen MR) is 168 cm³/mol. The van der Waals surface area contributed by atoms with E-state index >= 15 is 0 Å². The van der Waals surface area contributed by atoms with Crippen molar-refractivity contribution < 1.29 is 33.3 Å². The minimum atomic E-state index is -0.470. The molecule has 0 aliphatic heterocycles. The Morgan fingerprint density at radius 1 is 0.881 bits per heavy atom. The van der Waals surface area contributed by atoms with Gasteiger partial charge in [0.05, 0.1) is 21.3 Å². The Morgan fingerprint density at radius 3 is 2.00 bits per heavy atom. The van der Waals surface area contributed by atoms with Gasteiger partial charge in [0.1, 0.15) is 23.0 Å². The number of hydrogen-bond acceptors (Lipinski definition) is 7. The van der Waals surface area contributed by atoms with Crippen LogP contribution in [0, 0.1) is 5.92 Å². The van der Waals surface area contributed by atoms with E-state index in [-0.39, 0.29) is 11.8 Å². The van der Waals surface area contributed by atoms with Gasteiger partial charge in [-0.1, -0.05) is 44.2 Å². The summed E-state index contributed by atoms with van der Waals surface area (Å²) in [6.07, 6.45) is 10.8. The lowest BCUT2D eigenvalue weighted by Crippen LogP contribution is -2.27. The number of hydrogen-bond donors (Lipinski definition) is 1. The fourth-order valence-corrected chi connectivity index (χ4v) is 3.54. The number of ether oxygens (including phenoxy) is 5. The topological polar surface area (TPSA) is 95.6 Å². The van der Waals surface area contributed by atoms with Gasteiger partial charge in [0.15, 0.2) is 0 Å². The highest BCUT2D eigenvalue weighted by atomic mass is 16.5. The third-order valence-electron chi connectivity index (χ3n) is 5.52. The molecule has 42 heavy (non-hydrogen) atoms. The van der Waals surface area contributed by atoms with Crippen molar-refractivity contribution in [2.45, 2.75) is 13.8 Å². The second-order valence-corrected chi connectivity index (χ2v) is 8.79. The summed E-state index contributed by atoms with van der Waals surface area (Å²) in [5, 5.41) is 2.68. The number of allylic oxidation sites excluding steroid dienone is 3. The number of carbonyl (C=O) groups excluding carboxylic acids is 2. The molecule has 1 N–H and O–H groups in total. The van der Waals surface area contributed by atoms with Crippen LogP contribution < -0.4 is 19.5 Å². The Balaban J connectivity index is 0.00000165. The van der Waals surface area contributed by atoms with Crippen LogP contribution in [0.15, 0.2) is 78.6 Å². The summed E-state index contributed by atoms with van der Waals surface area (Å²) in [5.41, 5.74) is 2.04. The van der Waals surface area contributed by atoms with Crippen molar-refractivity contribution >= 4 is 23.6 Å². The molecule has 0 aromatic heterocycles. The first-order valence-corrected chi connectivity index (χ1v) is 13.5. The summed E-state index contributed by atoms with van der Waals surface area (Å²) in [4.78, 5) is 25.9. The highest BCUT2D eigenvalue weighted by Gasteiger charge is 2.16. The van der Waals surface area contributed by atoms with Crippen LogP contribution in [0.2, 0.25) is 0 Å². The van der Waals surface area contributed by atoms with Crippen LogP contribution in [0.4, 0.5) is 4.79 Å². The molecule has 0 fully saturated rings. The van der Waals surface area contributed by atoms with Gasteiger partial charge in [0.25, 0.3) is 5.91 Å². The van der Waals surface area contributed by atoms with E-state index in [1.54, 1.807) is 48.6 Å². The third-order valence-corrected chi connectivity index (χ3v) is 5.52. The number of benzene rings is 2. The standard InChI is InChI=1S/C29H32N2O6.C2H6O.C2H6/c1-31(2)28(32)27(17-21-15-25(34-3)18-26(16-21)35-4)22-10-13-24(14-11-22)37-23-8-6-7-20(9-12-23)19-30-29(33)36-5;1-3-2;1-2/h6-18,20H,19H2,1-5H3,(H,30,33);1-2H3;1-2H3/b27-17+;;.